The standard InChI is InChI=1S/C19H15Cl2F3N2/c1-12-6-17(3-2-13(12)10-25)26-5-4-18(11-26,19(22,23)24)14-7-15(20)9-16(21)8-14/h2-3,6-9H,4-5,11H2,1H3. The van der Waals surface area contributed by atoms with Crippen molar-refractivity contribution < 1.29 is 13.2 Å². The van der Waals surface area contributed by atoms with Crippen LogP contribution in [0.15, 0.2) is 36.4 Å². The SMILES string of the molecule is Cc1cc(N2CCC(c3cc(Cl)cc(Cl)c3)(C(F)(F)F)C2)ccc1C#N. The van der Waals surface area contributed by atoms with E-state index in [1.165, 1.54) is 18.2 Å². The lowest BCUT2D eigenvalue weighted by atomic mass is 9.79. The van der Waals surface area contributed by atoms with Crippen molar-refractivity contribution in [3.05, 3.63) is 63.1 Å². The molecule has 0 saturated carbocycles. The molecule has 0 bridgehead atoms. The minimum atomic E-state index is -4.45. The second kappa shape index (κ2) is 6.68. The third-order valence-corrected chi connectivity index (χ3v) is 5.36. The van der Waals surface area contributed by atoms with Gasteiger partial charge in [0.1, 0.15) is 5.41 Å². The lowest BCUT2D eigenvalue weighted by Gasteiger charge is -2.33. The van der Waals surface area contributed by atoms with Gasteiger partial charge in [0.05, 0.1) is 11.6 Å². The van der Waals surface area contributed by atoms with Crippen LogP contribution in [0.1, 0.15) is 23.1 Å². The highest BCUT2D eigenvalue weighted by atomic mass is 35.5. The van der Waals surface area contributed by atoms with Gasteiger partial charge < -0.3 is 4.90 Å². The Labute approximate surface area is 159 Å². The first-order valence-corrected chi connectivity index (χ1v) is 8.71. The monoisotopic (exact) mass is 398 g/mol. The lowest BCUT2D eigenvalue weighted by molar-refractivity contribution is -0.184. The Balaban J connectivity index is 2.02. The molecule has 1 heterocycles. The number of nitriles is 1. The fourth-order valence-electron chi connectivity index (χ4n) is 3.46. The zero-order valence-corrected chi connectivity index (χ0v) is 15.4. The summed E-state index contributed by atoms with van der Waals surface area (Å²) in [4.78, 5) is 1.69. The van der Waals surface area contributed by atoms with Crippen molar-refractivity contribution in [2.24, 2.45) is 0 Å². The summed E-state index contributed by atoms with van der Waals surface area (Å²) in [5, 5.41) is 9.40. The Kier molecular flexibility index (Phi) is 4.85. The maximum atomic E-state index is 14.1. The summed E-state index contributed by atoms with van der Waals surface area (Å²) in [7, 11) is 0. The van der Waals surface area contributed by atoms with Crippen LogP contribution in [0, 0.1) is 18.3 Å². The van der Waals surface area contributed by atoms with Crippen LogP contribution in [0.3, 0.4) is 0 Å². The van der Waals surface area contributed by atoms with E-state index in [0.29, 0.717) is 11.3 Å². The molecule has 1 fully saturated rings. The second-order valence-corrected chi connectivity index (χ2v) is 7.39. The molecule has 1 aliphatic rings. The third-order valence-electron chi connectivity index (χ3n) is 4.92. The highest BCUT2D eigenvalue weighted by Gasteiger charge is 2.59. The smallest absolute Gasteiger partial charge is 0.370 e. The fraction of sp³-hybridized carbons (Fsp3) is 0.316. The van der Waals surface area contributed by atoms with Gasteiger partial charge in [-0.15, -0.1) is 0 Å². The number of rotatable bonds is 2. The van der Waals surface area contributed by atoms with Gasteiger partial charge in [-0.2, -0.15) is 18.4 Å². The molecule has 2 aromatic rings. The molecule has 3 rings (SSSR count). The molecule has 0 N–H and O–H groups in total. The lowest BCUT2D eigenvalue weighted by Crippen LogP contribution is -2.44. The summed E-state index contributed by atoms with van der Waals surface area (Å²) in [6, 6.07) is 11.2. The van der Waals surface area contributed by atoms with Gasteiger partial charge in [0.25, 0.3) is 0 Å². The highest BCUT2D eigenvalue weighted by Crippen LogP contribution is 2.49. The van der Waals surface area contributed by atoms with E-state index in [-0.39, 0.29) is 35.1 Å². The Morgan fingerprint density at radius 3 is 2.31 bits per heavy atom. The van der Waals surface area contributed by atoms with Gasteiger partial charge in [0, 0.05) is 28.8 Å². The van der Waals surface area contributed by atoms with Crippen LogP contribution in [0.5, 0.6) is 0 Å². The average Bonchev–Trinajstić information content (AvgIpc) is 3.00. The van der Waals surface area contributed by atoms with Crippen molar-refractivity contribution in [2.45, 2.75) is 24.9 Å². The molecule has 1 aliphatic heterocycles. The van der Waals surface area contributed by atoms with E-state index in [0.717, 1.165) is 5.56 Å². The van der Waals surface area contributed by atoms with Crippen LogP contribution in [0.4, 0.5) is 18.9 Å². The van der Waals surface area contributed by atoms with Crippen LogP contribution >= 0.6 is 23.2 Å². The molecule has 2 nitrogen and oxygen atoms in total. The van der Waals surface area contributed by atoms with Gasteiger partial charge in [-0.05, 0) is 60.9 Å². The number of anilines is 1. The highest BCUT2D eigenvalue weighted by molar-refractivity contribution is 6.34. The van der Waals surface area contributed by atoms with Crippen molar-refractivity contribution in [3.8, 4) is 6.07 Å². The molecule has 0 aromatic heterocycles. The van der Waals surface area contributed by atoms with Crippen LogP contribution in [-0.2, 0) is 5.41 Å². The molecule has 136 valence electrons. The van der Waals surface area contributed by atoms with E-state index in [2.05, 4.69) is 6.07 Å². The summed E-state index contributed by atoms with van der Waals surface area (Å²) in [5.74, 6) is 0. The molecule has 0 radical (unpaired) electrons. The van der Waals surface area contributed by atoms with E-state index in [1.807, 2.05) is 0 Å². The number of nitrogens with zero attached hydrogens (tertiary/aromatic N) is 2. The fourth-order valence-corrected chi connectivity index (χ4v) is 3.99. The molecule has 0 amide bonds. The number of benzene rings is 2. The maximum absolute atomic E-state index is 14.1. The third kappa shape index (κ3) is 3.24. The molecule has 1 unspecified atom stereocenters. The van der Waals surface area contributed by atoms with Crippen molar-refractivity contribution in [1.82, 2.24) is 0 Å². The van der Waals surface area contributed by atoms with E-state index in [9.17, 15) is 13.2 Å². The van der Waals surface area contributed by atoms with E-state index in [4.69, 9.17) is 28.5 Å². The molecule has 26 heavy (non-hydrogen) atoms. The van der Waals surface area contributed by atoms with Crippen LogP contribution in [0.2, 0.25) is 10.0 Å². The average molecular weight is 399 g/mol. The van der Waals surface area contributed by atoms with Crippen LogP contribution in [-0.4, -0.2) is 19.3 Å². The van der Waals surface area contributed by atoms with Crippen LogP contribution in [0.25, 0.3) is 0 Å². The van der Waals surface area contributed by atoms with Gasteiger partial charge in [-0.25, -0.2) is 0 Å². The Bertz CT molecular complexity index is 869. The van der Waals surface area contributed by atoms with E-state index >= 15 is 0 Å². The summed E-state index contributed by atoms with van der Waals surface area (Å²) < 4.78 is 42.3. The summed E-state index contributed by atoms with van der Waals surface area (Å²) >= 11 is 11.9. The first-order valence-electron chi connectivity index (χ1n) is 7.95. The molecule has 2 aromatic carbocycles. The first-order chi connectivity index (χ1) is 12.2. The maximum Gasteiger partial charge on any atom is 0.400 e. The molecule has 0 spiro atoms. The van der Waals surface area contributed by atoms with E-state index in [1.54, 1.807) is 30.0 Å². The Hall–Kier alpha value is -1.90. The van der Waals surface area contributed by atoms with Crippen molar-refractivity contribution >= 4 is 28.9 Å². The number of aryl methyl sites for hydroxylation is 1. The van der Waals surface area contributed by atoms with Gasteiger partial charge in [0.15, 0.2) is 0 Å². The van der Waals surface area contributed by atoms with Crippen molar-refractivity contribution in [1.29, 1.82) is 5.26 Å². The number of hydrogen-bond acceptors (Lipinski definition) is 2. The number of halogens is 5. The van der Waals surface area contributed by atoms with Gasteiger partial charge in [-0.3, -0.25) is 0 Å². The predicted octanol–water partition coefficient (Wildman–Crippen LogP) is 5.88. The minimum absolute atomic E-state index is 0.0790. The van der Waals surface area contributed by atoms with Gasteiger partial charge >= 0.3 is 6.18 Å². The number of hydrogen-bond donors (Lipinski definition) is 0. The predicted molar refractivity (Wildman–Crippen MR) is 96.9 cm³/mol. The second-order valence-electron chi connectivity index (χ2n) is 6.52. The largest absolute Gasteiger partial charge is 0.400 e. The molecule has 1 saturated heterocycles. The number of alkyl halides is 3. The molecule has 1 atom stereocenters. The summed E-state index contributed by atoms with van der Waals surface area (Å²) in [6.45, 7) is 1.79. The Morgan fingerprint density at radius 1 is 1.12 bits per heavy atom. The molecular formula is C19H15Cl2F3N2. The van der Waals surface area contributed by atoms with Crippen molar-refractivity contribution in [3.63, 3.8) is 0 Å². The van der Waals surface area contributed by atoms with Gasteiger partial charge in [-0.1, -0.05) is 23.2 Å². The zero-order chi connectivity index (χ0) is 19.1. The molecular weight excluding hydrogens is 384 g/mol. The summed E-state index contributed by atoms with van der Waals surface area (Å²) in [6.07, 6.45) is -4.54. The molecule has 7 heteroatoms. The molecule has 0 aliphatic carbocycles. The van der Waals surface area contributed by atoms with Gasteiger partial charge in [0.2, 0.25) is 0 Å². The van der Waals surface area contributed by atoms with E-state index < -0.39 is 11.6 Å². The minimum Gasteiger partial charge on any atom is -0.370 e. The quantitative estimate of drug-likeness (QED) is 0.630. The van der Waals surface area contributed by atoms with Crippen LogP contribution < -0.4 is 4.90 Å². The topological polar surface area (TPSA) is 27.0 Å². The first kappa shape index (κ1) is 18.9. The Morgan fingerprint density at radius 2 is 1.77 bits per heavy atom. The normalized spacial score (nSPS) is 20.3. The zero-order valence-electron chi connectivity index (χ0n) is 13.9. The van der Waals surface area contributed by atoms with Crippen molar-refractivity contribution in [2.75, 3.05) is 18.0 Å². The summed E-state index contributed by atoms with van der Waals surface area (Å²) in [5.41, 5.74) is -0.0448.